The second-order valence-electron chi connectivity index (χ2n) is 4.01. The number of nitro groups is 1. The van der Waals surface area contributed by atoms with Gasteiger partial charge < -0.3 is 4.90 Å². The van der Waals surface area contributed by atoms with E-state index in [1.165, 1.54) is 17.0 Å². The third-order valence-corrected chi connectivity index (χ3v) is 3.57. The summed E-state index contributed by atoms with van der Waals surface area (Å²) >= 11 is 1.64. The molecule has 0 aliphatic rings. The largest absolute Gasteiger partial charge is 0.369 e. The summed E-state index contributed by atoms with van der Waals surface area (Å²) in [6.45, 7) is 0.681. The summed E-state index contributed by atoms with van der Waals surface area (Å²) < 4.78 is 0. The minimum absolute atomic E-state index is 0.0817. The number of nitriles is 1. The van der Waals surface area contributed by atoms with Gasteiger partial charge in [-0.05, 0) is 23.6 Å². The van der Waals surface area contributed by atoms with Crippen molar-refractivity contribution in [2.24, 2.45) is 0 Å². The lowest BCUT2D eigenvalue weighted by molar-refractivity contribution is -0.385. The molecule has 0 atom stereocenters. The van der Waals surface area contributed by atoms with Crippen LogP contribution in [0.1, 0.15) is 10.4 Å². The lowest BCUT2D eigenvalue weighted by Crippen LogP contribution is -2.15. The normalized spacial score (nSPS) is 9.89. The van der Waals surface area contributed by atoms with Crippen molar-refractivity contribution in [1.29, 1.82) is 5.26 Å². The van der Waals surface area contributed by atoms with Crippen molar-refractivity contribution in [3.63, 3.8) is 0 Å². The molecule has 1 aromatic heterocycles. The highest BCUT2D eigenvalue weighted by Crippen LogP contribution is 2.26. The van der Waals surface area contributed by atoms with E-state index in [9.17, 15) is 10.1 Å². The number of nitro benzene ring substituents is 1. The third-order valence-electron chi connectivity index (χ3n) is 2.71. The van der Waals surface area contributed by atoms with Gasteiger partial charge in [0.15, 0.2) is 0 Å². The van der Waals surface area contributed by atoms with E-state index in [0.717, 1.165) is 5.69 Å². The van der Waals surface area contributed by atoms with Crippen LogP contribution < -0.4 is 4.90 Å². The van der Waals surface area contributed by atoms with E-state index in [1.807, 2.05) is 35.5 Å². The molecule has 0 fully saturated rings. The molecule has 5 nitrogen and oxygen atoms in total. The van der Waals surface area contributed by atoms with E-state index in [-0.39, 0.29) is 11.3 Å². The number of hydrogen-bond acceptors (Lipinski definition) is 5. The molecule has 0 radical (unpaired) electrons. The maximum atomic E-state index is 10.9. The van der Waals surface area contributed by atoms with Gasteiger partial charge in [-0.1, -0.05) is 6.07 Å². The maximum absolute atomic E-state index is 10.9. The molecule has 0 saturated heterocycles. The Hall–Kier alpha value is -2.39. The van der Waals surface area contributed by atoms with Crippen LogP contribution in [0.4, 0.5) is 11.4 Å². The molecular weight excluding hydrogens is 262 g/mol. The first-order chi connectivity index (χ1) is 9.11. The lowest BCUT2D eigenvalue weighted by Gasteiger charge is -2.18. The van der Waals surface area contributed by atoms with E-state index < -0.39 is 4.92 Å². The van der Waals surface area contributed by atoms with Crippen molar-refractivity contribution >= 4 is 22.7 Å². The minimum atomic E-state index is -0.527. The standard InChI is InChI=1S/C13H11N3O2S/c1-15(9-12-3-2-6-19-12)11-5-4-10(8-14)13(7-11)16(17)18/h2-7H,9H2,1H3. The summed E-state index contributed by atoms with van der Waals surface area (Å²) in [4.78, 5) is 13.5. The van der Waals surface area contributed by atoms with Crippen molar-refractivity contribution in [2.45, 2.75) is 6.54 Å². The van der Waals surface area contributed by atoms with Crippen LogP contribution in [0.3, 0.4) is 0 Å². The molecule has 19 heavy (non-hydrogen) atoms. The molecule has 1 aromatic carbocycles. The monoisotopic (exact) mass is 273 g/mol. The maximum Gasteiger partial charge on any atom is 0.289 e. The average Bonchev–Trinajstić information content (AvgIpc) is 2.90. The molecule has 0 aliphatic heterocycles. The van der Waals surface area contributed by atoms with Crippen molar-refractivity contribution in [2.75, 3.05) is 11.9 Å². The Kier molecular flexibility index (Phi) is 3.78. The predicted molar refractivity (Wildman–Crippen MR) is 74.2 cm³/mol. The highest BCUT2D eigenvalue weighted by molar-refractivity contribution is 7.09. The highest BCUT2D eigenvalue weighted by Gasteiger charge is 2.15. The van der Waals surface area contributed by atoms with Crippen LogP contribution in [-0.4, -0.2) is 12.0 Å². The molecule has 0 aliphatic carbocycles. The smallest absolute Gasteiger partial charge is 0.289 e. The molecule has 0 N–H and O–H groups in total. The number of thiophene rings is 1. The topological polar surface area (TPSA) is 70.2 Å². The fraction of sp³-hybridized carbons (Fsp3) is 0.154. The molecule has 0 spiro atoms. The zero-order valence-electron chi connectivity index (χ0n) is 10.2. The Morgan fingerprint density at radius 3 is 2.84 bits per heavy atom. The lowest BCUT2D eigenvalue weighted by atomic mass is 10.1. The number of anilines is 1. The summed E-state index contributed by atoms with van der Waals surface area (Å²) in [7, 11) is 1.87. The molecule has 0 saturated carbocycles. The Balaban J connectivity index is 2.28. The van der Waals surface area contributed by atoms with Crippen LogP contribution in [0, 0.1) is 21.4 Å². The fourth-order valence-electron chi connectivity index (χ4n) is 1.73. The molecule has 6 heteroatoms. The Morgan fingerprint density at radius 2 is 2.26 bits per heavy atom. The Bertz CT molecular complexity index is 632. The van der Waals surface area contributed by atoms with Gasteiger partial charge in [0.25, 0.3) is 5.69 Å². The summed E-state index contributed by atoms with van der Waals surface area (Å²) in [5, 5.41) is 21.7. The van der Waals surface area contributed by atoms with Crippen molar-refractivity contribution in [3.8, 4) is 6.07 Å². The molecule has 0 bridgehead atoms. The SMILES string of the molecule is CN(Cc1cccs1)c1ccc(C#N)c([N+](=O)[O-])c1. The number of nitrogens with zero attached hydrogens (tertiary/aromatic N) is 3. The highest BCUT2D eigenvalue weighted by atomic mass is 32.1. The van der Waals surface area contributed by atoms with Crippen LogP contribution >= 0.6 is 11.3 Å². The van der Waals surface area contributed by atoms with Gasteiger partial charge in [-0.2, -0.15) is 5.26 Å². The average molecular weight is 273 g/mol. The Morgan fingerprint density at radius 1 is 1.47 bits per heavy atom. The zero-order valence-corrected chi connectivity index (χ0v) is 11.1. The fourth-order valence-corrected chi connectivity index (χ4v) is 2.49. The van der Waals surface area contributed by atoms with Gasteiger partial charge in [0, 0.05) is 23.7 Å². The van der Waals surface area contributed by atoms with Gasteiger partial charge in [-0.25, -0.2) is 0 Å². The first kappa shape index (κ1) is 13.1. The number of benzene rings is 1. The third kappa shape index (κ3) is 2.89. The molecule has 0 unspecified atom stereocenters. The van der Waals surface area contributed by atoms with Crippen LogP contribution in [0.2, 0.25) is 0 Å². The number of rotatable bonds is 4. The van der Waals surface area contributed by atoms with E-state index in [4.69, 9.17) is 5.26 Å². The van der Waals surface area contributed by atoms with Crippen molar-refractivity contribution in [1.82, 2.24) is 0 Å². The minimum Gasteiger partial charge on any atom is -0.369 e. The molecule has 2 rings (SSSR count). The Labute approximate surface area is 114 Å². The molecular formula is C13H11N3O2S. The van der Waals surface area contributed by atoms with Crippen molar-refractivity contribution < 1.29 is 4.92 Å². The summed E-state index contributed by atoms with van der Waals surface area (Å²) in [5.41, 5.74) is 0.649. The van der Waals surface area contributed by atoms with Gasteiger partial charge in [-0.3, -0.25) is 10.1 Å². The van der Waals surface area contributed by atoms with Gasteiger partial charge >= 0.3 is 0 Å². The van der Waals surface area contributed by atoms with Gasteiger partial charge in [0.1, 0.15) is 11.6 Å². The zero-order chi connectivity index (χ0) is 13.8. The van der Waals surface area contributed by atoms with Gasteiger partial charge in [-0.15, -0.1) is 11.3 Å². The molecule has 1 heterocycles. The second kappa shape index (κ2) is 5.50. The van der Waals surface area contributed by atoms with Crippen LogP contribution in [-0.2, 0) is 6.54 Å². The summed E-state index contributed by atoms with van der Waals surface area (Å²) in [5.74, 6) is 0. The second-order valence-corrected chi connectivity index (χ2v) is 5.04. The van der Waals surface area contributed by atoms with Crippen LogP contribution in [0.5, 0.6) is 0 Å². The van der Waals surface area contributed by atoms with E-state index in [2.05, 4.69) is 0 Å². The van der Waals surface area contributed by atoms with Gasteiger partial charge in [0.05, 0.1) is 11.5 Å². The first-order valence-corrected chi connectivity index (χ1v) is 6.42. The van der Waals surface area contributed by atoms with Crippen LogP contribution in [0.25, 0.3) is 0 Å². The van der Waals surface area contributed by atoms with E-state index in [1.54, 1.807) is 17.4 Å². The summed E-state index contributed by atoms with van der Waals surface area (Å²) in [6.07, 6.45) is 0. The van der Waals surface area contributed by atoms with E-state index >= 15 is 0 Å². The quantitative estimate of drug-likeness (QED) is 0.633. The molecule has 2 aromatic rings. The molecule has 0 amide bonds. The number of hydrogen-bond donors (Lipinski definition) is 0. The molecule has 96 valence electrons. The van der Waals surface area contributed by atoms with Crippen molar-refractivity contribution in [3.05, 3.63) is 56.3 Å². The van der Waals surface area contributed by atoms with Crippen LogP contribution in [0.15, 0.2) is 35.7 Å². The predicted octanol–water partition coefficient (Wildman–Crippen LogP) is 3.16. The van der Waals surface area contributed by atoms with E-state index in [0.29, 0.717) is 6.54 Å². The van der Waals surface area contributed by atoms with Gasteiger partial charge in [0.2, 0.25) is 0 Å². The first-order valence-electron chi connectivity index (χ1n) is 5.54. The summed E-state index contributed by atoms with van der Waals surface area (Å²) in [6, 6.07) is 10.5.